The second kappa shape index (κ2) is 7.86. The predicted octanol–water partition coefficient (Wildman–Crippen LogP) is 3.85. The van der Waals surface area contributed by atoms with Gasteiger partial charge in [0.25, 0.3) is 0 Å². The molecule has 23 heavy (non-hydrogen) atoms. The van der Waals surface area contributed by atoms with Gasteiger partial charge in [-0.25, -0.2) is 13.1 Å². The van der Waals surface area contributed by atoms with E-state index in [9.17, 15) is 8.42 Å². The fourth-order valence-electron chi connectivity index (χ4n) is 2.23. The third kappa shape index (κ3) is 4.50. The van der Waals surface area contributed by atoms with E-state index in [0.717, 1.165) is 16.2 Å². The summed E-state index contributed by atoms with van der Waals surface area (Å²) in [6, 6.07) is 14.1. The molecule has 6 heteroatoms. The largest absolute Gasteiger partial charge is 0.497 e. The van der Waals surface area contributed by atoms with Gasteiger partial charge in [0.1, 0.15) is 5.75 Å². The Kier molecular flexibility index (Phi) is 6.10. The van der Waals surface area contributed by atoms with Crippen LogP contribution < -0.4 is 9.46 Å². The van der Waals surface area contributed by atoms with E-state index in [4.69, 9.17) is 4.74 Å². The lowest BCUT2D eigenvalue weighted by Gasteiger charge is -2.18. The molecule has 0 bridgehead atoms. The van der Waals surface area contributed by atoms with Crippen molar-refractivity contribution in [2.24, 2.45) is 0 Å². The van der Waals surface area contributed by atoms with Gasteiger partial charge in [0.05, 0.1) is 12.0 Å². The smallest absolute Gasteiger partial charge is 0.241 e. The summed E-state index contributed by atoms with van der Waals surface area (Å²) in [7, 11) is -1.95. The average molecular weight is 351 g/mol. The highest BCUT2D eigenvalue weighted by Gasteiger charge is 2.20. The van der Waals surface area contributed by atoms with Gasteiger partial charge in [-0.2, -0.15) is 0 Å². The fourth-order valence-corrected chi connectivity index (χ4v) is 3.95. The summed E-state index contributed by atoms with van der Waals surface area (Å²) in [5, 5.41) is 0. The molecule has 0 saturated carbocycles. The highest BCUT2D eigenvalue weighted by atomic mass is 32.2. The second-order valence-electron chi connectivity index (χ2n) is 5.03. The molecule has 0 aliphatic rings. The molecule has 0 fully saturated rings. The van der Waals surface area contributed by atoms with Crippen LogP contribution in [0.4, 0.5) is 0 Å². The average Bonchev–Trinajstić information content (AvgIpc) is 2.60. The SMILES string of the molecule is CC[C@H](NS(=O)(=O)c1ccc(SC)cc1)c1ccc(OC)cc1. The Bertz CT molecular complexity index is 725. The summed E-state index contributed by atoms with van der Waals surface area (Å²) in [4.78, 5) is 1.31. The van der Waals surface area contributed by atoms with Crippen LogP contribution >= 0.6 is 11.8 Å². The normalized spacial score (nSPS) is 12.8. The van der Waals surface area contributed by atoms with Crippen LogP contribution in [0.5, 0.6) is 5.75 Å². The Labute approximate surface area is 142 Å². The molecular weight excluding hydrogens is 330 g/mol. The Morgan fingerprint density at radius 1 is 1.09 bits per heavy atom. The molecule has 0 aliphatic carbocycles. The number of rotatable bonds is 7. The molecule has 124 valence electrons. The lowest BCUT2D eigenvalue weighted by atomic mass is 10.1. The van der Waals surface area contributed by atoms with E-state index in [-0.39, 0.29) is 10.9 Å². The van der Waals surface area contributed by atoms with Crippen LogP contribution in [0.15, 0.2) is 58.3 Å². The van der Waals surface area contributed by atoms with Crippen molar-refractivity contribution >= 4 is 21.8 Å². The zero-order chi connectivity index (χ0) is 16.9. The maximum Gasteiger partial charge on any atom is 0.241 e. The number of hydrogen-bond donors (Lipinski definition) is 1. The topological polar surface area (TPSA) is 55.4 Å². The summed E-state index contributed by atoms with van der Waals surface area (Å²) in [6.07, 6.45) is 2.62. The van der Waals surface area contributed by atoms with Crippen LogP contribution in [0.25, 0.3) is 0 Å². The first-order valence-electron chi connectivity index (χ1n) is 7.30. The maximum atomic E-state index is 12.6. The van der Waals surface area contributed by atoms with Gasteiger partial charge in [-0.1, -0.05) is 19.1 Å². The van der Waals surface area contributed by atoms with Crippen LogP contribution in [-0.2, 0) is 10.0 Å². The molecule has 0 heterocycles. The van der Waals surface area contributed by atoms with Gasteiger partial charge in [-0.05, 0) is 54.6 Å². The number of benzene rings is 2. The molecule has 2 aromatic rings. The Morgan fingerprint density at radius 2 is 1.70 bits per heavy atom. The van der Waals surface area contributed by atoms with Crippen molar-refractivity contribution in [3.63, 3.8) is 0 Å². The molecule has 0 spiro atoms. The molecule has 4 nitrogen and oxygen atoms in total. The van der Waals surface area contributed by atoms with E-state index in [2.05, 4.69) is 4.72 Å². The first-order valence-corrected chi connectivity index (χ1v) is 10.0. The molecule has 0 amide bonds. The van der Waals surface area contributed by atoms with Crippen LogP contribution in [0, 0.1) is 0 Å². The fraction of sp³-hybridized carbons (Fsp3) is 0.294. The molecule has 1 atom stereocenters. The van der Waals surface area contributed by atoms with Crippen molar-refractivity contribution < 1.29 is 13.2 Å². The first kappa shape index (κ1) is 17.8. The number of hydrogen-bond acceptors (Lipinski definition) is 4. The molecule has 0 aliphatic heterocycles. The number of thioether (sulfide) groups is 1. The summed E-state index contributed by atoms with van der Waals surface area (Å²) in [5.74, 6) is 0.749. The number of methoxy groups -OCH3 is 1. The number of sulfonamides is 1. The maximum absolute atomic E-state index is 12.6. The van der Waals surface area contributed by atoms with Crippen molar-refractivity contribution in [1.29, 1.82) is 0 Å². The van der Waals surface area contributed by atoms with Gasteiger partial charge < -0.3 is 4.74 Å². The molecule has 1 N–H and O–H groups in total. The van der Waals surface area contributed by atoms with E-state index >= 15 is 0 Å². The van der Waals surface area contributed by atoms with Crippen molar-refractivity contribution in [3.05, 3.63) is 54.1 Å². The zero-order valence-electron chi connectivity index (χ0n) is 13.4. The molecule has 0 saturated heterocycles. The lowest BCUT2D eigenvalue weighted by molar-refractivity contribution is 0.414. The van der Waals surface area contributed by atoms with Gasteiger partial charge in [0, 0.05) is 10.9 Å². The molecule has 0 radical (unpaired) electrons. The minimum Gasteiger partial charge on any atom is -0.497 e. The van der Waals surface area contributed by atoms with E-state index in [1.165, 1.54) is 0 Å². The summed E-state index contributed by atoms with van der Waals surface area (Å²) in [5.41, 5.74) is 0.914. The van der Waals surface area contributed by atoms with Crippen molar-refractivity contribution in [2.45, 2.75) is 29.2 Å². The molecular formula is C17H21NO3S2. The first-order chi connectivity index (χ1) is 11.0. The Balaban J connectivity index is 2.21. The minimum absolute atomic E-state index is 0.272. The molecule has 0 unspecified atom stereocenters. The molecule has 2 rings (SSSR count). The lowest BCUT2D eigenvalue weighted by Crippen LogP contribution is -2.28. The third-order valence-electron chi connectivity index (χ3n) is 3.59. The van der Waals surface area contributed by atoms with E-state index in [0.29, 0.717) is 6.42 Å². The van der Waals surface area contributed by atoms with Crippen LogP contribution in [-0.4, -0.2) is 21.8 Å². The quantitative estimate of drug-likeness (QED) is 0.770. The number of ether oxygens (including phenoxy) is 1. The predicted molar refractivity (Wildman–Crippen MR) is 94.6 cm³/mol. The van der Waals surface area contributed by atoms with Gasteiger partial charge >= 0.3 is 0 Å². The second-order valence-corrected chi connectivity index (χ2v) is 7.62. The van der Waals surface area contributed by atoms with E-state index in [1.807, 2.05) is 49.6 Å². The third-order valence-corrected chi connectivity index (χ3v) is 5.82. The van der Waals surface area contributed by atoms with Gasteiger partial charge in [-0.15, -0.1) is 11.8 Å². The summed E-state index contributed by atoms with van der Waals surface area (Å²) >= 11 is 1.58. The monoisotopic (exact) mass is 351 g/mol. The number of nitrogens with one attached hydrogen (secondary N) is 1. The Morgan fingerprint density at radius 3 is 2.17 bits per heavy atom. The Hall–Kier alpha value is -1.50. The highest BCUT2D eigenvalue weighted by Crippen LogP contribution is 2.23. The van der Waals surface area contributed by atoms with Crippen LogP contribution in [0.1, 0.15) is 24.9 Å². The zero-order valence-corrected chi connectivity index (χ0v) is 15.1. The van der Waals surface area contributed by atoms with Gasteiger partial charge in [-0.3, -0.25) is 0 Å². The van der Waals surface area contributed by atoms with Gasteiger partial charge in [0.15, 0.2) is 0 Å². The van der Waals surface area contributed by atoms with Crippen molar-refractivity contribution in [2.75, 3.05) is 13.4 Å². The summed E-state index contributed by atoms with van der Waals surface area (Å²) in [6.45, 7) is 1.95. The van der Waals surface area contributed by atoms with Crippen molar-refractivity contribution in [3.8, 4) is 5.75 Å². The minimum atomic E-state index is -3.55. The standard InChI is InChI=1S/C17H21NO3S2/c1-4-17(13-5-7-14(21-2)8-6-13)18-23(19,20)16-11-9-15(22-3)10-12-16/h5-12,17-18H,4H2,1-3H3/t17-/m0/s1. The van der Waals surface area contributed by atoms with Gasteiger partial charge in [0.2, 0.25) is 10.0 Å². The van der Waals surface area contributed by atoms with E-state index in [1.54, 1.807) is 31.0 Å². The summed E-state index contributed by atoms with van der Waals surface area (Å²) < 4.78 is 33.0. The molecule has 0 aromatic heterocycles. The molecule has 2 aromatic carbocycles. The van der Waals surface area contributed by atoms with Crippen molar-refractivity contribution in [1.82, 2.24) is 4.72 Å². The van der Waals surface area contributed by atoms with Crippen LogP contribution in [0.2, 0.25) is 0 Å². The van der Waals surface area contributed by atoms with Crippen LogP contribution in [0.3, 0.4) is 0 Å². The van der Waals surface area contributed by atoms with E-state index < -0.39 is 10.0 Å². The highest BCUT2D eigenvalue weighted by molar-refractivity contribution is 7.98.